The van der Waals surface area contributed by atoms with Gasteiger partial charge in [0.2, 0.25) is 0 Å². The van der Waals surface area contributed by atoms with E-state index in [4.69, 9.17) is 0 Å². The van der Waals surface area contributed by atoms with Crippen LogP contribution >= 0.6 is 0 Å². The van der Waals surface area contributed by atoms with Gasteiger partial charge < -0.3 is 15.5 Å². The third-order valence-corrected chi connectivity index (χ3v) is 2.57. The Labute approximate surface area is 75.5 Å². The smallest absolute Gasteiger partial charge is 0.0451 e. The first-order chi connectivity index (χ1) is 5.83. The molecule has 0 aromatic heterocycles. The van der Waals surface area contributed by atoms with E-state index in [1.165, 1.54) is 32.5 Å². The zero-order chi connectivity index (χ0) is 8.81. The first kappa shape index (κ1) is 9.96. The molecule has 0 aliphatic carbocycles. The van der Waals surface area contributed by atoms with Crippen molar-refractivity contribution < 1.29 is 0 Å². The number of hydrogen-bond acceptors (Lipinski definition) is 3. The van der Waals surface area contributed by atoms with Crippen LogP contribution in [0.25, 0.3) is 0 Å². The summed E-state index contributed by atoms with van der Waals surface area (Å²) in [5.74, 6) is 0.898. The van der Waals surface area contributed by atoms with Gasteiger partial charge in [-0.3, -0.25) is 0 Å². The van der Waals surface area contributed by atoms with E-state index in [-0.39, 0.29) is 0 Å². The van der Waals surface area contributed by atoms with Crippen molar-refractivity contribution in [3.63, 3.8) is 0 Å². The van der Waals surface area contributed by atoms with Crippen LogP contribution in [-0.2, 0) is 0 Å². The molecule has 0 radical (unpaired) electrons. The predicted molar refractivity (Wildman–Crippen MR) is 52.2 cm³/mol. The molecule has 2 N–H and O–H groups in total. The molecule has 1 rings (SSSR count). The van der Waals surface area contributed by atoms with Crippen molar-refractivity contribution in [1.82, 2.24) is 15.5 Å². The molecule has 3 heteroatoms. The van der Waals surface area contributed by atoms with Crippen LogP contribution in [0.5, 0.6) is 0 Å². The Morgan fingerprint density at radius 1 is 1.33 bits per heavy atom. The molecule has 1 heterocycles. The normalized spacial score (nSPS) is 21.5. The fourth-order valence-electron chi connectivity index (χ4n) is 1.67. The van der Waals surface area contributed by atoms with Gasteiger partial charge in [0.15, 0.2) is 0 Å². The van der Waals surface area contributed by atoms with Gasteiger partial charge in [0.05, 0.1) is 0 Å². The third kappa shape index (κ3) is 3.52. The van der Waals surface area contributed by atoms with Crippen molar-refractivity contribution in [3.8, 4) is 0 Å². The molecule has 0 unspecified atom stereocenters. The number of hydrogen-bond donors (Lipinski definition) is 2. The van der Waals surface area contributed by atoms with Gasteiger partial charge in [-0.25, -0.2) is 0 Å². The number of nitrogens with zero attached hydrogens (tertiary/aromatic N) is 1. The van der Waals surface area contributed by atoms with E-state index >= 15 is 0 Å². The second kappa shape index (κ2) is 5.51. The third-order valence-electron chi connectivity index (χ3n) is 2.57. The molecule has 0 aromatic rings. The van der Waals surface area contributed by atoms with Crippen LogP contribution in [0.3, 0.4) is 0 Å². The minimum atomic E-state index is 0.898. The van der Waals surface area contributed by atoms with Gasteiger partial charge in [-0.15, -0.1) is 0 Å². The van der Waals surface area contributed by atoms with Crippen LogP contribution in [0.15, 0.2) is 0 Å². The molecular formula is C9H21N3. The van der Waals surface area contributed by atoms with Crippen LogP contribution in [-0.4, -0.2) is 45.3 Å². The molecule has 0 saturated carbocycles. The Kier molecular flexibility index (Phi) is 4.58. The Hall–Kier alpha value is -0.120. The molecule has 1 aliphatic rings. The van der Waals surface area contributed by atoms with Crippen molar-refractivity contribution in [1.29, 1.82) is 0 Å². The van der Waals surface area contributed by atoms with Crippen LogP contribution in [0, 0.1) is 5.92 Å². The topological polar surface area (TPSA) is 27.3 Å². The molecule has 12 heavy (non-hydrogen) atoms. The lowest BCUT2D eigenvalue weighted by Crippen LogP contribution is -2.37. The molecular weight excluding hydrogens is 150 g/mol. The molecule has 0 atom stereocenters. The monoisotopic (exact) mass is 171 g/mol. The number of piperidine rings is 1. The maximum absolute atomic E-state index is 3.39. The van der Waals surface area contributed by atoms with Crippen LogP contribution in [0.2, 0.25) is 0 Å². The SMILES string of the molecule is CNCNCC1CCN(C)CC1. The average Bonchev–Trinajstić information content (AvgIpc) is 2.09. The molecule has 0 aromatic carbocycles. The van der Waals surface area contributed by atoms with E-state index in [2.05, 4.69) is 22.6 Å². The summed E-state index contributed by atoms with van der Waals surface area (Å²) >= 11 is 0. The minimum Gasteiger partial charge on any atom is -0.308 e. The van der Waals surface area contributed by atoms with Gasteiger partial charge >= 0.3 is 0 Å². The summed E-state index contributed by atoms with van der Waals surface area (Å²) in [4.78, 5) is 2.41. The van der Waals surface area contributed by atoms with Crippen molar-refractivity contribution in [2.24, 2.45) is 5.92 Å². The highest BCUT2D eigenvalue weighted by Gasteiger charge is 2.15. The van der Waals surface area contributed by atoms with Crippen LogP contribution in [0.4, 0.5) is 0 Å². The summed E-state index contributed by atoms with van der Waals surface area (Å²) in [5.41, 5.74) is 0. The first-order valence-electron chi connectivity index (χ1n) is 4.87. The predicted octanol–water partition coefficient (Wildman–Crippen LogP) is 0.0947. The lowest BCUT2D eigenvalue weighted by Gasteiger charge is -2.28. The Morgan fingerprint density at radius 3 is 2.58 bits per heavy atom. The lowest BCUT2D eigenvalue weighted by molar-refractivity contribution is 0.216. The van der Waals surface area contributed by atoms with Crippen molar-refractivity contribution in [2.75, 3.05) is 40.4 Å². The van der Waals surface area contributed by atoms with Gasteiger partial charge in [-0.05, 0) is 52.5 Å². The highest BCUT2D eigenvalue weighted by molar-refractivity contribution is 4.71. The highest BCUT2D eigenvalue weighted by atomic mass is 15.1. The summed E-state index contributed by atoms with van der Waals surface area (Å²) < 4.78 is 0. The molecule has 0 amide bonds. The van der Waals surface area contributed by atoms with Gasteiger partial charge in [-0.2, -0.15) is 0 Å². The molecule has 72 valence electrons. The second-order valence-electron chi connectivity index (χ2n) is 3.73. The van der Waals surface area contributed by atoms with E-state index in [1.807, 2.05) is 7.05 Å². The molecule has 3 nitrogen and oxygen atoms in total. The summed E-state index contributed by atoms with van der Waals surface area (Å²) in [6.45, 7) is 4.65. The van der Waals surface area contributed by atoms with E-state index in [1.54, 1.807) is 0 Å². The Balaban J connectivity index is 2.01. The minimum absolute atomic E-state index is 0.898. The zero-order valence-electron chi connectivity index (χ0n) is 8.27. The quantitative estimate of drug-likeness (QED) is 0.464. The maximum atomic E-state index is 3.39. The maximum Gasteiger partial charge on any atom is 0.0451 e. The van der Waals surface area contributed by atoms with Crippen LogP contribution in [0.1, 0.15) is 12.8 Å². The highest BCUT2D eigenvalue weighted by Crippen LogP contribution is 2.14. The number of likely N-dealkylation sites (tertiary alicyclic amines) is 1. The summed E-state index contributed by atoms with van der Waals surface area (Å²) in [5, 5.41) is 6.48. The Bertz CT molecular complexity index is 108. The lowest BCUT2D eigenvalue weighted by atomic mass is 9.97. The van der Waals surface area contributed by atoms with E-state index in [9.17, 15) is 0 Å². The summed E-state index contributed by atoms with van der Waals surface area (Å²) in [7, 11) is 4.18. The van der Waals surface area contributed by atoms with E-state index in [0.717, 1.165) is 12.6 Å². The van der Waals surface area contributed by atoms with Gasteiger partial charge in [0.1, 0.15) is 0 Å². The fraction of sp³-hybridized carbons (Fsp3) is 1.00. The average molecular weight is 171 g/mol. The standard InChI is InChI=1S/C9H21N3/c1-10-8-11-7-9-3-5-12(2)6-4-9/h9-11H,3-8H2,1-2H3. The van der Waals surface area contributed by atoms with Gasteiger partial charge in [-0.1, -0.05) is 0 Å². The van der Waals surface area contributed by atoms with Crippen LogP contribution < -0.4 is 10.6 Å². The molecule has 0 spiro atoms. The van der Waals surface area contributed by atoms with Crippen molar-refractivity contribution >= 4 is 0 Å². The van der Waals surface area contributed by atoms with Gasteiger partial charge in [0, 0.05) is 6.67 Å². The first-order valence-corrected chi connectivity index (χ1v) is 4.87. The second-order valence-corrected chi connectivity index (χ2v) is 3.73. The Morgan fingerprint density at radius 2 is 2.00 bits per heavy atom. The fourth-order valence-corrected chi connectivity index (χ4v) is 1.67. The molecule has 1 saturated heterocycles. The molecule has 1 aliphatic heterocycles. The van der Waals surface area contributed by atoms with Crippen molar-refractivity contribution in [3.05, 3.63) is 0 Å². The number of nitrogens with one attached hydrogen (secondary N) is 2. The largest absolute Gasteiger partial charge is 0.308 e. The number of rotatable bonds is 4. The molecule has 1 fully saturated rings. The van der Waals surface area contributed by atoms with Crippen molar-refractivity contribution in [2.45, 2.75) is 12.8 Å². The van der Waals surface area contributed by atoms with Gasteiger partial charge in [0.25, 0.3) is 0 Å². The summed E-state index contributed by atoms with van der Waals surface area (Å²) in [6, 6.07) is 0. The van der Waals surface area contributed by atoms with E-state index in [0.29, 0.717) is 0 Å². The van der Waals surface area contributed by atoms with E-state index < -0.39 is 0 Å². The summed E-state index contributed by atoms with van der Waals surface area (Å²) in [6.07, 6.45) is 2.71. The zero-order valence-corrected chi connectivity index (χ0v) is 8.27. The molecule has 0 bridgehead atoms.